The third kappa shape index (κ3) is 2.20. The summed E-state index contributed by atoms with van der Waals surface area (Å²) in [6.45, 7) is 0.0838. The molecule has 0 fully saturated rings. The Labute approximate surface area is 88.9 Å². The fourth-order valence-corrected chi connectivity index (χ4v) is 1.19. The molecule has 0 aliphatic rings. The maximum atomic E-state index is 13.0. The number of halogens is 3. The van der Waals surface area contributed by atoms with Crippen LogP contribution in [0.2, 0.25) is 0 Å². The van der Waals surface area contributed by atoms with Gasteiger partial charge in [-0.25, -0.2) is 8.78 Å². The van der Waals surface area contributed by atoms with Crippen molar-refractivity contribution < 1.29 is 8.78 Å². The average molecular weight is 261 g/mol. The van der Waals surface area contributed by atoms with Gasteiger partial charge in [0.05, 0.1) is 10.5 Å². The van der Waals surface area contributed by atoms with Crippen LogP contribution in [-0.2, 0) is 0 Å². The molecule has 0 amide bonds. The number of benzene rings is 1. The Morgan fingerprint density at radius 1 is 1.43 bits per heavy atom. The van der Waals surface area contributed by atoms with Crippen LogP contribution >= 0.6 is 15.9 Å². The fourth-order valence-electron chi connectivity index (χ4n) is 0.960. The molecule has 0 N–H and O–H groups in total. The molecule has 0 aliphatic heterocycles. The van der Waals surface area contributed by atoms with Gasteiger partial charge < -0.3 is 4.90 Å². The van der Waals surface area contributed by atoms with E-state index in [4.69, 9.17) is 5.26 Å². The summed E-state index contributed by atoms with van der Waals surface area (Å²) in [5.74, 6) is -1.35. The van der Waals surface area contributed by atoms with Crippen LogP contribution in [0.1, 0.15) is 0 Å². The lowest BCUT2D eigenvalue weighted by molar-refractivity contribution is 0.571. The van der Waals surface area contributed by atoms with E-state index in [1.165, 1.54) is 17.0 Å². The first-order chi connectivity index (χ1) is 6.56. The largest absolute Gasteiger partial charge is 0.361 e. The molecule has 0 radical (unpaired) electrons. The summed E-state index contributed by atoms with van der Waals surface area (Å²) in [6, 6.07) is 4.23. The molecule has 0 bridgehead atoms. The molecule has 0 saturated carbocycles. The molecule has 0 heterocycles. The summed E-state index contributed by atoms with van der Waals surface area (Å²) >= 11 is 2.77. The molecule has 0 aromatic heterocycles. The van der Waals surface area contributed by atoms with Gasteiger partial charge in [-0.3, -0.25) is 0 Å². The van der Waals surface area contributed by atoms with E-state index in [9.17, 15) is 8.78 Å². The number of hydrogen-bond acceptors (Lipinski definition) is 2. The summed E-state index contributed by atoms with van der Waals surface area (Å²) in [4.78, 5) is 1.46. The molecule has 0 spiro atoms. The Balaban J connectivity index is 3.07. The van der Waals surface area contributed by atoms with Crippen LogP contribution in [0, 0.1) is 23.0 Å². The molecule has 14 heavy (non-hydrogen) atoms. The minimum atomic E-state index is -0.676. The Bertz CT molecular complexity index is 364. The first kappa shape index (κ1) is 10.9. The van der Waals surface area contributed by atoms with Gasteiger partial charge in [0.15, 0.2) is 0 Å². The van der Waals surface area contributed by atoms with Crippen LogP contribution in [0.3, 0.4) is 0 Å². The van der Waals surface area contributed by atoms with E-state index in [0.29, 0.717) is 5.69 Å². The van der Waals surface area contributed by atoms with E-state index in [1.54, 1.807) is 7.05 Å². The van der Waals surface area contributed by atoms with E-state index >= 15 is 0 Å². The zero-order valence-corrected chi connectivity index (χ0v) is 8.98. The molecular formula is C9H7BrF2N2. The predicted molar refractivity (Wildman–Crippen MR) is 52.9 cm³/mol. The average Bonchev–Trinajstić information content (AvgIpc) is 2.13. The molecule has 1 aromatic rings. The zero-order valence-electron chi connectivity index (χ0n) is 7.39. The molecular weight excluding hydrogens is 254 g/mol. The standard InChI is InChI=1S/C9H7BrF2N2/c1-14(3-2-13)6-4-7(11)9(10)8(12)5-6/h4-5H,3H2,1H3. The minimum Gasteiger partial charge on any atom is -0.361 e. The van der Waals surface area contributed by atoms with E-state index < -0.39 is 11.6 Å². The first-order valence-corrected chi connectivity index (χ1v) is 4.58. The van der Waals surface area contributed by atoms with Gasteiger partial charge in [-0.15, -0.1) is 0 Å². The van der Waals surface area contributed by atoms with Crippen LogP contribution in [-0.4, -0.2) is 13.6 Å². The molecule has 0 aliphatic carbocycles. The topological polar surface area (TPSA) is 27.0 Å². The van der Waals surface area contributed by atoms with Gasteiger partial charge in [-0.05, 0) is 28.1 Å². The smallest absolute Gasteiger partial charge is 0.142 e. The van der Waals surface area contributed by atoms with Gasteiger partial charge in [-0.2, -0.15) is 5.26 Å². The SMILES string of the molecule is CN(CC#N)c1cc(F)c(Br)c(F)c1. The van der Waals surface area contributed by atoms with Crippen molar-refractivity contribution in [3.63, 3.8) is 0 Å². The maximum absolute atomic E-state index is 13.0. The Morgan fingerprint density at radius 2 is 1.93 bits per heavy atom. The second kappa shape index (κ2) is 4.38. The Hall–Kier alpha value is -1.15. The summed E-state index contributed by atoms with van der Waals surface area (Å²) in [6.07, 6.45) is 0. The van der Waals surface area contributed by atoms with Crippen LogP contribution in [0.15, 0.2) is 16.6 Å². The third-order valence-corrected chi connectivity index (χ3v) is 2.47. The molecule has 0 saturated heterocycles. The lowest BCUT2D eigenvalue weighted by Gasteiger charge is -2.15. The summed E-state index contributed by atoms with van der Waals surface area (Å²) in [7, 11) is 1.59. The van der Waals surface area contributed by atoms with E-state index in [1.807, 2.05) is 6.07 Å². The predicted octanol–water partition coefficient (Wildman–Crippen LogP) is 2.69. The zero-order chi connectivity index (χ0) is 10.7. The van der Waals surface area contributed by atoms with Crippen molar-refractivity contribution >= 4 is 21.6 Å². The minimum absolute atomic E-state index is 0.0838. The first-order valence-electron chi connectivity index (χ1n) is 3.79. The van der Waals surface area contributed by atoms with Crippen LogP contribution < -0.4 is 4.90 Å². The highest BCUT2D eigenvalue weighted by molar-refractivity contribution is 9.10. The van der Waals surface area contributed by atoms with Crippen molar-refractivity contribution in [2.45, 2.75) is 0 Å². The number of nitriles is 1. The molecule has 74 valence electrons. The van der Waals surface area contributed by atoms with Crippen molar-refractivity contribution in [3.8, 4) is 6.07 Å². The highest BCUT2D eigenvalue weighted by Crippen LogP contribution is 2.25. The van der Waals surface area contributed by atoms with E-state index in [-0.39, 0.29) is 11.0 Å². The van der Waals surface area contributed by atoms with Gasteiger partial charge in [0, 0.05) is 12.7 Å². The summed E-state index contributed by atoms with van der Waals surface area (Å²) in [5, 5.41) is 8.40. The summed E-state index contributed by atoms with van der Waals surface area (Å²) < 4.78 is 25.9. The van der Waals surface area contributed by atoms with Crippen molar-refractivity contribution in [1.82, 2.24) is 0 Å². The third-order valence-electron chi connectivity index (χ3n) is 1.72. The quantitative estimate of drug-likeness (QED) is 0.604. The second-order valence-electron chi connectivity index (χ2n) is 2.74. The molecule has 0 unspecified atom stereocenters. The van der Waals surface area contributed by atoms with Crippen LogP contribution in [0.4, 0.5) is 14.5 Å². The highest BCUT2D eigenvalue weighted by Gasteiger charge is 2.10. The van der Waals surface area contributed by atoms with Crippen LogP contribution in [0.5, 0.6) is 0 Å². The molecule has 0 atom stereocenters. The maximum Gasteiger partial charge on any atom is 0.142 e. The molecule has 1 aromatic carbocycles. The Morgan fingerprint density at radius 3 is 2.36 bits per heavy atom. The van der Waals surface area contributed by atoms with Crippen molar-refractivity contribution in [2.75, 3.05) is 18.5 Å². The van der Waals surface area contributed by atoms with Gasteiger partial charge in [0.1, 0.15) is 18.2 Å². The second-order valence-corrected chi connectivity index (χ2v) is 3.53. The van der Waals surface area contributed by atoms with Crippen LogP contribution in [0.25, 0.3) is 0 Å². The monoisotopic (exact) mass is 260 g/mol. The molecule has 5 heteroatoms. The summed E-state index contributed by atoms with van der Waals surface area (Å²) in [5.41, 5.74) is 0.338. The van der Waals surface area contributed by atoms with E-state index in [2.05, 4.69) is 15.9 Å². The lowest BCUT2D eigenvalue weighted by Crippen LogP contribution is -2.17. The van der Waals surface area contributed by atoms with E-state index in [0.717, 1.165) is 0 Å². The van der Waals surface area contributed by atoms with Crippen molar-refractivity contribution in [3.05, 3.63) is 28.2 Å². The van der Waals surface area contributed by atoms with Gasteiger partial charge >= 0.3 is 0 Å². The number of nitrogens with zero attached hydrogens (tertiary/aromatic N) is 2. The van der Waals surface area contributed by atoms with Gasteiger partial charge in [-0.1, -0.05) is 0 Å². The fraction of sp³-hybridized carbons (Fsp3) is 0.222. The van der Waals surface area contributed by atoms with Crippen molar-refractivity contribution in [2.24, 2.45) is 0 Å². The highest BCUT2D eigenvalue weighted by atomic mass is 79.9. The normalized spacial score (nSPS) is 9.64. The molecule has 1 rings (SSSR count). The number of hydrogen-bond donors (Lipinski definition) is 0. The van der Waals surface area contributed by atoms with Crippen molar-refractivity contribution in [1.29, 1.82) is 5.26 Å². The Kier molecular flexibility index (Phi) is 3.42. The lowest BCUT2D eigenvalue weighted by atomic mass is 10.3. The number of anilines is 1. The molecule has 2 nitrogen and oxygen atoms in total. The van der Waals surface area contributed by atoms with Gasteiger partial charge in [0.2, 0.25) is 0 Å². The number of rotatable bonds is 2. The van der Waals surface area contributed by atoms with Gasteiger partial charge in [0.25, 0.3) is 0 Å².